The van der Waals surface area contributed by atoms with E-state index in [1.165, 1.54) is 11.1 Å². The van der Waals surface area contributed by atoms with Gasteiger partial charge in [0.05, 0.1) is 7.11 Å². The van der Waals surface area contributed by atoms with Crippen LogP contribution in [0.3, 0.4) is 0 Å². The molecule has 0 saturated heterocycles. The average Bonchev–Trinajstić information content (AvgIpc) is 2.47. The lowest BCUT2D eigenvalue weighted by atomic mass is 10.1. The number of likely N-dealkylation sites (N-methyl/N-ethyl adjacent to an activating group) is 1. The highest BCUT2D eigenvalue weighted by Crippen LogP contribution is 2.16. The van der Waals surface area contributed by atoms with Crippen LogP contribution < -0.4 is 10.1 Å². The molecule has 4 heteroatoms. The third-order valence-corrected chi connectivity index (χ3v) is 3.61. The molecule has 112 valence electrons. The van der Waals surface area contributed by atoms with Crippen LogP contribution in [0.5, 0.6) is 5.75 Å². The first kappa shape index (κ1) is 15.4. The third kappa shape index (κ3) is 4.02. The van der Waals surface area contributed by atoms with E-state index in [9.17, 15) is 0 Å². The molecule has 0 amide bonds. The minimum Gasteiger partial charge on any atom is -0.497 e. The van der Waals surface area contributed by atoms with Crippen molar-refractivity contribution in [2.24, 2.45) is 0 Å². The van der Waals surface area contributed by atoms with E-state index in [-0.39, 0.29) is 0 Å². The number of nitrogens with one attached hydrogen (secondary N) is 1. The number of methoxy groups -OCH3 is 1. The fraction of sp³-hybridized carbons (Fsp3) is 0.412. The number of benzene rings is 1. The number of hydrogen-bond acceptors (Lipinski definition) is 4. The lowest BCUT2D eigenvalue weighted by molar-refractivity contribution is 0.414. The Labute approximate surface area is 126 Å². The average molecular weight is 285 g/mol. The SMILES string of the molecule is CNCCc1c(C)nc(Cc2ccc(OC)cc2)nc1C. The second-order valence-corrected chi connectivity index (χ2v) is 5.17. The summed E-state index contributed by atoms with van der Waals surface area (Å²) in [6.45, 7) is 5.08. The zero-order chi connectivity index (χ0) is 15.2. The molecule has 2 aromatic rings. The molecule has 1 heterocycles. The molecular weight excluding hydrogens is 262 g/mol. The molecule has 1 aromatic heterocycles. The van der Waals surface area contributed by atoms with Crippen LogP contribution in [0.15, 0.2) is 24.3 Å². The first-order valence-corrected chi connectivity index (χ1v) is 7.24. The van der Waals surface area contributed by atoms with E-state index in [2.05, 4.69) is 41.3 Å². The molecule has 1 N–H and O–H groups in total. The maximum absolute atomic E-state index is 5.17. The van der Waals surface area contributed by atoms with Crippen molar-refractivity contribution in [2.45, 2.75) is 26.7 Å². The number of aromatic nitrogens is 2. The fourth-order valence-electron chi connectivity index (χ4n) is 2.43. The number of nitrogens with zero attached hydrogens (tertiary/aromatic N) is 2. The van der Waals surface area contributed by atoms with Crippen LogP contribution in [-0.4, -0.2) is 30.7 Å². The normalized spacial score (nSPS) is 10.7. The van der Waals surface area contributed by atoms with Crippen molar-refractivity contribution in [1.29, 1.82) is 0 Å². The summed E-state index contributed by atoms with van der Waals surface area (Å²) in [7, 11) is 3.64. The second-order valence-electron chi connectivity index (χ2n) is 5.17. The van der Waals surface area contributed by atoms with Gasteiger partial charge in [0.2, 0.25) is 0 Å². The summed E-state index contributed by atoms with van der Waals surface area (Å²) in [6, 6.07) is 8.05. The Morgan fingerprint density at radius 3 is 2.19 bits per heavy atom. The van der Waals surface area contributed by atoms with Gasteiger partial charge in [-0.25, -0.2) is 9.97 Å². The Morgan fingerprint density at radius 1 is 1.05 bits per heavy atom. The first-order chi connectivity index (χ1) is 10.1. The van der Waals surface area contributed by atoms with E-state index in [1.54, 1.807) is 7.11 Å². The summed E-state index contributed by atoms with van der Waals surface area (Å²) in [6.07, 6.45) is 1.72. The van der Waals surface area contributed by atoms with Gasteiger partial charge >= 0.3 is 0 Å². The van der Waals surface area contributed by atoms with Crippen LogP contribution in [0.4, 0.5) is 0 Å². The van der Waals surface area contributed by atoms with Crippen LogP contribution in [0, 0.1) is 13.8 Å². The molecule has 0 aliphatic carbocycles. The summed E-state index contributed by atoms with van der Waals surface area (Å²) in [5, 5.41) is 3.17. The van der Waals surface area contributed by atoms with Crippen LogP contribution in [-0.2, 0) is 12.8 Å². The van der Waals surface area contributed by atoms with Crippen molar-refractivity contribution in [3.05, 3.63) is 52.6 Å². The standard InChI is InChI=1S/C17H23N3O/c1-12-16(9-10-18-3)13(2)20-17(19-12)11-14-5-7-15(21-4)8-6-14/h5-8,18H,9-11H2,1-4H3. The Morgan fingerprint density at radius 2 is 1.67 bits per heavy atom. The van der Waals surface area contributed by atoms with Crippen LogP contribution in [0.2, 0.25) is 0 Å². The summed E-state index contributed by atoms with van der Waals surface area (Å²) in [5.74, 6) is 1.75. The number of ether oxygens (including phenoxy) is 1. The largest absolute Gasteiger partial charge is 0.497 e. The molecule has 0 unspecified atom stereocenters. The summed E-state index contributed by atoms with van der Waals surface area (Å²) in [4.78, 5) is 9.31. The molecule has 0 aliphatic rings. The summed E-state index contributed by atoms with van der Waals surface area (Å²) >= 11 is 0. The van der Waals surface area contributed by atoms with Gasteiger partial charge in [0, 0.05) is 17.8 Å². The molecule has 0 radical (unpaired) electrons. The lowest BCUT2D eigenvalue weighted by Gasteiger charge is -2.11. The van der Waals surface area contributed by atoms with E-state index in [0.717, 1.165) is 42.3 Å². The number of hydrogen-bond donors (Lipinski definition) is 1. The molecule has 4 nitrogen and oxygen atoms in total. The monoisotopic (exact) mass is 285 g/mol. The molecule has 0 aliphatic heterocycles. The molecular formula is C17H23N3O. The van der Waals surface area contributed by atoms with Crippen LogP contribution in [0.25, 0.3) is 0 Å². The highest BCUT2D eigenvalue weighted by atomic mass is 16.5. The lowest BCUT2D eigenvalue weighted by Crippen LogP contribution is -2.14. The maximum Gasteiger partial charge on any atom is 0.133 e. The van der Waals surface area contributed by atoms with Crippen molar-refractivity contribution < 1.29 is 4.74 Å². The van der Waals surface area contributed by atoms with E-state index >= 15 is 0 Å². The molecule has 21 heavy (non-hydrogen) atoms. The third-order valence-electron chi connectivity index (χ3n) is 3.61. The molecule has 0 fully saturated rings. The minimum atomic E-state index is 0.748. The Bertz CT molecular complexity index is 570. The number of aryl methyl sites for hydroxylation is 2. The molecule has 2 rings (SSSR count). The fourth-order valence-corrected chi connectivity index (χ4v) is 2.43. The Hall–Kier alpha value is -1.94. The van der Waals surface area contributed by atoms with Crippen LogP contribution >= 0.6 is 0 Å². The van der Waals surface area contributed by atoms with Gasteiger partial charge in [0.1, 0.15) is 11.6 Å². The van der Waals surface area contributed by atoms with Crippen molar-refractivity contribution in [3.8, 4) is 5.75 Å². The molecule has 0 bridgehead atoms. The van der Waals surface area contributed by atoms with Gasteiger partial charge in [-0.2, -0.15) is 0 Å². The number of rotatable bonds is 6. The summed E-state index contributed by atoms with van der Waals surface area (Å²) in [5.41, 5.74) is 4.61. The van der Waals surface area contributed by atoms with Gasteiger partial charge in [-0.3, -0.25) is 0 Å². The van der Waals surface area contributed by atoms with Gasteiger partial charge in [0.15, 0.2) is 0 Å². The zero-order valence-corrected chi connectivity index (χ0v) is 13.2. The highest BCUT2D eigenvalue weighted by Gasteiger charge is 2.08. The van der Waals surface area contributed by atoms with E-state index < -0.39 is 0 Å². The predicted octanol–water partition coefficient (Wildman–Crippen LogP) is 2.45. The van der Waals surface area contributed by atoms with Crippen LogP contribution in [0.1, 0.15) is 28.3 Å². The van der Waals surface area contributed by atoms with Gasteiger partial charge in [0.25, 0.3) is 0 Å². The van der Waals surface area contributed by atoms with Gasteiger partial charge in [-0.05, 0) is 57.1 Å². The Kier molecular flexibility index (Phi) is 5.28. The predicted molar refractivity (Wildman–Crippen MR) is 84.9 cm³/mol. The summed E-state index contributed by atoms with van der Waals surface area (Å²) < 4.78 is 5.17. The van der Waals surface area contributed by atoms with Gasteiger partial charge < -0.3 is 10.1 Å². The van der Waals surface area contributed by atoms with Crippen molar-refractivity contribution in [2.75, 3.05) is 20.7 Å². The van der Waals surface area contributed by atoms with Crippen molar-refractivity contribution in [3.63, 3.8) is 0 Å². The smallest absolute Gasteiger partial charge is 0.133 e. The molecule has 0 spiro atoms. The zero-order valence-electron chi connectivity index (χ0n) is 13.2. The van der Waals surface area contributed by atoms with E-state index in [4.69, 9.17) is 4.74 Å². The molecule has 0 saturated carbocycles. The van der Waals surface area contributed by atoms with Gasteiger partial charge in [-0.1, -0.05) is 12.1 Å². The van der Waals surface area contributed by atoms with Crippen molar-refractivity contribution >= 4 is 0 Å². The first-order valence-electron chi connectivity index (χ1n) is 7.24. The highest BCUT2D eigenvalue weighted by molar-refractivity contribution is 5.30. The quantitative estimate of drug-likeness (QED) is 0.885. The van der Waals surface area contributed by atoms with Gasteiger partial charge in [-0.15, -0.1) is 0 Å². The minimum absolute atomic E-state index is 0.748. The molecule has 1 aromatic carbocycles. The topological polar surface area (TPSA) is 47.0 Å². The van der Waals surface area contributed by atoms with E-state index in [1.807, 2.05) is 19.2 Å². The second kappa shape index (κ2) is 7.18. The Balaban J connectivity index is 2.16. The van der Waals surface area contributed by atoms with E-state index in [0.29, 0.717) is 0 Å². The molecule has 0 atom stereocenters. The maximum atomic E-state index is 5.17. The van der Waals surface area contributed by atoms with Crippen molar-refractivity contribution in [1.82, 2.24) is 15.3 Å².